The summed E-state index contributed by atoms with van der Waals surface area (Å²) in [5.41, 5.74) is 16.7. The van der Waals surface area contributed by atoms with Crippen LogP contribution in [0.15, 0.2) is 4.99 Å². The smallest absolute Gasteiger partial charge is 0.370 e. The number of hydrogen-bond donors (Lipinski definition) is 3. The Morgan fingerprint density at radius 1 is 1.03 bits per heavy atom. The van der Waals surface area contributed by atoms with Crippen LogP contribution in [0.4, 0.5) is 4.79 Å². The van der Waals surface area contributed by atoms with Crippen LogP contribution < -0.4 is 17.2 Å². The number of carbonyl (C=O) groups is 2. The second kappa shape index (κ2) is 9.43. The number of piperidine rings is 1. The van der Waals surface area contributed by atoms with Crippen LogP contribution in [0.5, 0.6) is 0 Å². The van der Waals surface area contributed by atoms with Crippen molar-refractivity contribution < 1.29 is 14.1 Å². The van der Waals surface area contributed by atoms with Crippen molar-refractivity contribution in [1.82, 2.24) is 4.90 Å². The van der Waals surface area contributed by atoms with Crippen LogP contribution in [0.25, 0.3) is 0 Å². The summed E-state index contributed by atoms with van der Waals surface area (Å²) in [5, 5.41) is 0. The first kappa shape index (κ1) is 22.0. The lowest BCUT2D eigenvalue weighted by atomic mass is 9.70. The number of urea groups is 1. The van der Waals surface area contributed by atoms with Crippen molar-refractivity contribution in [3.8, 4) is 0 Å². The monoisotopic (exact) mass is 407 g/mol. The molecule has 0 spiro atoms. The molecular formula is C21H39N6O2+. The van der Waals surface area contributed by atoms with E-state index in [-0.39, 0.29) is 28.4 Å². The third-order valence-electron chi connectivity index (χ3n) is 7.63. The number of amides is 3. The molecule has 29 heavy (non-hydrogen) atoms. The maximum Gasteiger partial charge on any atom is 0.421 e. The molecule has 2 saturated heterocycles. The number of aliphatic imine (C=N–C) groups is 1. The SMILES string of the molecule is C[C@@H]1CCC[N+]1(C(N)=O)C(=O)[C@H]1[C@@H]2CCCC[C@@H]2CCN1CCCCN=C(N)N. The number of nitrogens with zero attached hydrogens (tertiary/aromatic N) is 3. The predicted octanol–water partition coefficient (Wildman–Crippen LogP) is 1.53. The van der Waals surface area contributed by atoms with Crippen molar-refractivity contribution in [2.75, 3.05) is 26.2 Å². The van der Waals surface area contributed by atoms with Crippen molar-refractivity contribution in [2.45, 2.75) is 76.8 Å². The van der Waals surface area contributed by atoms with Gasteiger partial charge in [0.2, 0.25) is 0 Å². The van der Waals surface area contributed by atoms with Crippen LogP contribution in [0.1, 0.15) is 64.7 Å². The van der Waals surface area contributed by atoms with Gasteiger partial charge in [-0.15, -0.1) is 0 Å². The zero-order chi connectivity index (χ0) is 21.0. The Hall–Kier alpha value is -1.67. The Bertz CT molecular complexity index is 635. The lowest BCUT2D eigenvalue weighted by Gasteiger charge is -2.48. The molecule has 1 unspecified atom stereocenters. The number of imide groups is 1. The van der Waals surface area contributed by atoms with Crippen LogP contribution in [0.2, 0.25) is 0 Å². The van der Waals surface area contributed by atoms with Crippen molar-refractivity contribution in [3.05, 3.63) is 0 Å². The topological polar surface area (TPSA) is 128 Å². The van der Waals surface area contributed by atoms with E-state index < -0.39 is 6.03 Å². The lowest BCUT2D eigenvalue weighted by molar-refractivity contribution is -0.785. The van der Waals surface area contributed by atoms with E-state index in [9.17, 15) is 9.59 Å². The maximum atomic E-state index is 14.0. The number of unbranched alkanes of at least 4 members (excludes halogenated alkanes) is 1. The highest BCUT2D eigenvalue weighted by atomic mass is 16.2. The highest BCUT2D eigenvalue weighted by molar-refractivity contribution is 5.87. The average Bonchev–Trinajstić information content (AvgIpc) is 3.09. The molecule has 0 aromatic carbocycles. The molecule has 8 nitrogen and oxygen atoms in total. The molecule has 3 amide bonds. The van der Waals surface area contributed by atoms with E-state index in [1.165, 1.54) is 19.3 Å². The number of guanidine groups is 1. The minimum Gasteiger partial charge on any atom is -0.370 e. The Morgan fingerprint density at radius 2 is 1.79 bits per heavy atom. The first-order valence-corrected chi connectivity index (χ1v) is 11.4. The Kier molecular flexibility index (Phi) is 7.16. The van der Waals surface area contributed by atoms with Crippen LogP contribution >= 0.6 is 0 Å². The second-order valence-electron chi connectivity index (χ2n) is 9.25. The summed E-state index contributed by atoms with van der Waals surface area (Å²) < 4.78 is -0.154. The molecule has 1 saturated carbocycles. The van der Waals surface area contributed by atoms with E-state index in [1.807, 2.05) is 6.92 Å². The molecule has 164 valence electrons. The molecule has 3 aliphatic rings. The van der Waals surface area contributed by atoms with Crippen molar-refractivity contribution >= 4 is 17.9 Å². The molecule has 2 heterocycles. The van der Waals surface area contributed by atoms with E-state index in [2.05, 4.69) is 9.89 Å². The number of rotatable bonds is 6. The fraction of sp³-hybridized carbons (Fsp3) is 0.857. The third kappa shape index (κ3) is 4.43. The van der Waals surface area contributed by atoms with Gasteiger partial charge in [-0.05, 0) is 57.5 Å². The van der Waals surface area contributed by atoms with E-state index >= 15 is 0 Å². The van der Waals surface area contributed by atoms with Gasteiger partial charge in [-0.3, -0.25) is 9.89 Å². The van der Waals surface area contributed by atoms with Gasteiger partial charge < -0.3 is 17.2 Å². The first-order chi connectivity index (χ1) is 13.9. The zero-order valence-corrected chi connectivity index (χ0v) is 17.9. The van der Waals surface area contributed by atoms with E-state index in [1.54, 1.807) is 0 Å². The number of quaternary nitrogens is 1. The van der Waals surface area contributed by atoms with E-state index in [0.29, 0.717) is 24.9 Å². The number of hydrogen-bond acceptors (Lipinski definition) is 4. The molecule has 0 aromatic heterocycles. The first-order valence-electron chi connectivity index (χ1n) is 11.4. The summed E-state index contributed by atoms with van der Waals surface area (Å²) in [7, 11) is 0. The van der Waals surface area contributed by atoms with Gasteiger partial charge in [0.1, 0.15) is 12.1 Å². The van der Waals surface area contributed by atoms with E-state index in [4.69, 9.17) is 17.2 Å². The minimum absolute atomic E-state index is 0.0207. The fourth-order valence-corrected chi connectivity index (χ4v) is 6.05. The Labute approximate surface area is 174 Å². The van der Waals surface area contributed by atoms with Crippen LogP contribution in [-0.2, 0) is 4.79 Å². The molecule has 3 rings (SSSR count). The average molecular weight is 408 g/mol. The molecule has 5 atom stereocenters. The fourth-order valence-electron chi connectivity index (χ4n) is 6.05. The number of carbonyl (C=O) groups excluding carboxylic acids is 2. The number of nitrogens with two attached hydrogens (primary N) is 3. The molecule has 1 aliphatic carbocycles. The summed E-state index contributed by atoms with van der Waals surface area (Å²) in [6.07, 6.45) is 9.46. The third-order valence-corrected chi connectivity index (χ3v) is 7.63. The summed E-state index contributed by atoms with van der Waals surface area (Å²) in [6, 6.07) is -0.677. The molecular weight excluding hydrogens is 368 g/mol. The van der Waals surface area contributed by atoms with Gasteiger partial charge in [0, 0.05) is 19.4 Å². The minimum atomic E-state index is -0.467. The normalized spacial score (nSPS) is 35.1. The molecule has 0 radical (unpaired) electrons. The Morgan fingerprint density at radius 3 is 2.45 bits per heavy atom. The molecule has 3 fully saturated rings. The van der Waals surface area contributed by atoms with Crippen molar-refractivity contribution in [1.29, 1.82) is 0 Å². The molecule has 6 N–H and O–H groups in total. The van der Waals surface area contributed by atoms with Gasteiger partial charge in [0.15, 0.2) is 5.96 Å². The summed E-state index contributed by atoms with van der Waals surface area (Å²) in [5.74, 6) is 1.13. The lowest BCUT2D eigenvalue weighted by Crippen LogP contribution is -2.69. The van der Waals surface area contributed by atoms with Crippen molar-refractivity contribution in [2.24, 2.45) is 34.0 Å². The standard InChI is InChI=1S/C21H38N6O2/c1-15-7-6-14-27(15,21(24)29)19(28)18-17-9-3-2-8-16(17)10-13-26(18)12-5-4-11-25-20(22)23/h15-18H,2-14H2,1H3,(H5-,22,23,24,25,29)/p+1/t15-,16-,17-,18-,27?/m1/s1. The summed E-state index contributed by atoms with van der Waals surface area (Å²) in [4.78, 5) is 33.0. The highest BCUT2D eigenvalue weighted by Gasteiger charge is 2.57. The van der Waals surface area contributed by atoms with Gasteiger partial charge in [-0.1, -0.05) is 19.3 Å². The quantitative estimate of drug-likeness (QED) is 0.266. The van der Waals surface area contributed by atoms with Gasteiger partial charge in [0.25, 0.3) is 0 Å². The van der Waals surface area contributed by atoms with Crippen molar-refractivity contribution in [3.63, 3.8) is 0 Å². The van der Waals surface area contributed by atoms with Crippen LogP contribution in [0, 0.1) is 11.8 Å². The number of fused-ring (bicyclic) bond motifs is 1. The molecule has 2 aliphatic heterocycles. The summed E-state index contributed by atoms with van der Waals surface area (Å²) >= 11 is 0. The predicted molar refractivity (Wildman–Crippen MR) is 114 cm³/mol. The summed E-state index contributed by atoms with van der Waals surface area (Å²) in [6.45, 7) is 4.94. The number of likely N-dealkylation sites (tertiary alicyclic amines) is 2. The van der Waals surface area contributed by atoms with Crippen LogP contribution in [-0.4, -0.2) is 65.5 Å². The Balaban J connectivity index is 1.79. The van der Waals surface area contributed by atoms with E-state index in [0.717, 1.165) is 51.6 Å². The van der Waals surface area contributed by atoms with Crippen LogP contribution in [0.3, 0.4) is 0 Å². The zero-order valence-electron chi connectivity index (χ0n) is 17.9. The second-order valence-corrected chi connectivity index (χ2v) is 9.25. The largest absolute Gasteiger partial charge is 0.421 e. The van der Waals surface area contributed by atoms with Gasteiger partial charge >= 0.3 is 11.9 Å². The van der Waals surface area contributed by atoms with Gasteiger partial charge in [-0.2, -0.15) is 4.48 Å². The molecule has 8 heteroatoms. The number of primary amides is 1. The van der Waals surface area contributed by atoms with Gasteiger partial charge in [0.05, 0.1) is 6.54 Å². The molecule has 0 bridgehead atoms. The molecule has 0 aromatic rings. The van der Waals surface area contributed by atoms with Gasteiger partial charge in [-0.25, -0.2) is 9.59 Å². The maximum absolute atomic E-state index is 14.0. The highest BCUT2D eigenvalue weighted by Crippen LogP contribution is 2.42.